The number of carbonyl (C=O) groups excluding carboxylic acids is 2. The third-order valence-electron chi connectivity index (χ3n) is 3.80. The third-order valence-corrected chi connectivity index (χ3v) is 3.80. The van der Waals surface area contributed by atoms with Crippen LogP contribution in [0.15, 0.2) is 54.6 Å². The molecule has 2 rings (SSSR count). The maximum Gasteiger partial charge on any atom is 0.338 e. The van der Waals surface area contributed by atoms with E-state index in [0.717, 1.165) is 18.4 Å². The van der Waals surface area contributed by atoms with Crippen LogP contribution in [0.5, 0.6) is 5.75 Å². The van der Waals surface area contributed by atoms with Gasteiger partial charge < -0.3 is 14.8 Å². The minimum absolute atomic E-state index is 0.0762. The van der Waals surface area contributed by atoms with Gasteiger partial charge in [-0.05, 0) is 43.2 Å². The normalized spacial score (nSPS) is 11.5. The predicted molar refractivity (Wildman–Crippen MR) is 100 cm³/mol. The van der Waals surface area contributed by atoms with Crippen molar-refractivity contribution in [2.75, 3.05) is 6.61 Å². The number of carbonyl (C=O) groups is 2. The van der Waals surface area contributed by atoms with Gasteiger partial charge in [-0.1, -0.05) is 43.7 Å². The molecule has 5 heteroatoms. The highest BCUT2D eigenvalue weighted by molar-refractivity contribution is 5.91. The minimum Gasteiger partial charge on any atom is -0.489 e. The van der Waals surface area contributed by atoms with Gasteiger partial charge in [0.25, 0.3) is 5.91 Å². The summed E-state index contributed by atoms with van der Waals surface area (Å²) in [5.41, 5.74) is 1.45. The summed E-state index contributed by atoms with van der Waals surface area (Å²) in [7, 11) is 0. The van der Waals surface area contributed by atoms with Crippen molar-refractivity contribution in [2.45, 2.75) is 39.3 Å². The largest absolute Gasteiger partial charge is 0.489 e. The Hall–Kier alpha value is -2.82. The van der Waals surface area contributed by atoms with Gasteiger partial charge in [-0.3, -0.25) is 4.79 Å². The van der Waals surface area contributed by atoms with Crippen LogP contribution in [0.25, 0.3) is 0 Å². The molecule has 0 aliphatic carbocycles. The third kappa shape index (κ3) is 6.59. The van der Waals surface area contributed by atoms with Crippen molar-refractivity contribution in [1.82, 2.24) is 5.32 Å². The summed E-state index contributed by atoms with van der Waals surface area (Å²) >= 11 is 0. The van der Waals surface area contributed by atoms with Crippen molar-refractivity contribution in [2.24, 2.45) is 0 Å². The van der Waals surface area contributed by atoms with E-state index in [1.807, 2.05) is 37.3 Å². The van der Waals surface area contributed by atoms with Crippen molar-refractivity contribution in [3.8, 4) is 5.75 Å². The Kier molecular flexibility index (Phi) is 7.68. The Labute approximate surface area is 154 Å². The molecule has 1 N–H and O–H groups in total. The Morgan fingerprint density at radius 3 is 2.38 bits per heavy atom. The fourth-order valence-corrected chi connectivity index (χ4v) is 2.46. The number of hydrogen-bond acceptors (Lipinski definition) is 4. The lowest BCUT2D eigenvalue weighted by atomic mass is 10.2. The van der Waals surface area contributed by atoms with Gasteiger partial charge in [0.15, 0.2) is 6.61 Å². The zero-order valence-electron chi connectivity index (χ0n) is 15.2. The summed E-state index contributed by atoms with van der Waals surface area (Å²) in [6.45, 7) is 4.16. The van der Waals surface area contributed by atoms with E-state index >= 15 is 0 Å². The Balaban J connectivity index is 1.78. The predicted octanol–water partition coefficient (Wildman–Crippen LogP) is 3.73. The number of rotatable bonds is 9. The van der Waals surface area contributed by atoms with Crippen LogP contribution in [0.4, 0.5) is 0 Å². The molecule has 0 saturated heterocycles. The smallest absolute Gasteiger partial charge is 0.338 e. The molecule has 1 amide bonds. The molecule has 26 heavy (non-hydrogen) atoms. The highest BCUT2D eigenvalue weighted by Gasteiger charge is 2.12. The van der Waals surface area contributed by atoms with Crippen LogP contribution in [0.3, 0.4) is 0 Å². The van der Waals surface area contributed by atoms with Gasteiger partial charge in [-0.2, -0.15) is 0 Å². The van der Waals surface area contributed by atoms with E-state index in [2.05, 4.69) is 12.2 Å². The molecule has 0 aliphatic rings. The van der Waals surface area contributed by atoms with E-state index in [1.165, 1.54) is 0 Å². The lowest BCUT2D eigenvalue weighted by Crippen LogP contribution is -2.35. The maximum absolute atomic E-state index is 12.0. The van der Waals surface area contributed by atoms with Gasteiger partial charge in [0.1, 0.15) is 12.4 Å². The van der Waals surface area contributed by atoms with Crippen LogP contribution in [0.1, 0.15) is 42.6 Å². The van der Waals surface area contributed by atoms with Gasteiger partial charge in [-0.15, -0.1) is 0 Å². The fourth-order valence-electron chi connectivity index (χ4n) is 2.46. The van der Waals surface area contributed by atoms with Gasteiger partial charge >= 0.3 is 5.97 Å². The van der Waals surface area contributed by atoms with Gasteiger partial charge in [0.2, 0.25) is 0 Å². The van der Waals surface area contributed by atoms with E-state index in [0.29, 0.717) is 17.9 Å². The summed E-state index contributed by atoms with van der Waals surface area (Å²) in [5, 5.41) is 2.79. The highest BCUT2D eigenvalue weighted by atomic mass is 16.5. The van der Waals surface area contributed by atoms with Gasteiger partial charge in [0.05, 0.1) is 5.56 Å². The molecular weight excluding hydrogens is 330 g/mol. The van der Waals surface area contributed by atoms with E-state index in [9.17, 15) is 9.59 Å². The average molecular weight is 355 g/mol. The Morgan fingerprint density at radius 1 is 1.04 bits per heavy atom. The lowest BCUT2D eigenvalue weighted by Gasteiger charge is -2.12. The summed E-state index contributed by atoms with van der Waals surface area (Å²) in [4.78, 5) is 23.7. The first-order valence-electron chi connectivity index (χ1n) is 8.81. The fraction of sp³-hybridized carbons (Fsp3) is 0.333. The second-order valence-corrected chi connectivity index (χ2v) is 6.13. The van der Waals surface area contributed by atoms with Crippen LogP contribution >= 0.6 is 0 Å². The molecule has 0 saturated carbocycles. The van der Waals surface area contributed by atoms with Crippen molar-refractivity contribution >= 4 is 11.9 Å². The monoisotopic (exact) mass is 355 g/mol. The second-order valence-electron chi connectivity index (χ2n) is 6.13. The summed E-state index contributed by atoms with van der Waals surface area (Å²) in [6.07, 6.45) is 1.88. The topological polar surface area (TPSA) is 64.6 Å². The molecule has 0 aromatic heterocycles. The Morgan fingerprint density at radius 2 is 1.73 bits per heavy atom. The number of ether oxygens (including phenoxy) is 2. The van der Waals surface area contributed by atoms with E-state index in [1.54, 1.807) is 24.3 Å². The minimum atomic E-state index is -0.530. The number of hydrogen-bond donors (Lipinski definition) is 1. The molecule has 0 bridgehead atoms. The molecule has 0 radical (unpaired) electrons. The number of nitrogens with one attached hydrogen (secondary N) is 1. The lowest BCUT2D eigenvalue weighted by molar-refractivity contribution is -0.124. The quantitative estimate of drug-likeness (QED) is 0.696. The molecule has 0 spiro atoms. The molecule has 0 unspecified atom stereocenters. The molecule has 1 atom stereocenters. The van der Waals surface area contributed by atoms with Crippen molar-refractivity contribution < 1.29 is 19.1 Å². The molecule has 2 aromatic rings. The van der Waals surface area contributed by atoms with Crippen molar-refractivity contribution in [3.05, 3.63) is 65.7 Å². The van der Waals surface area contributed by atoms with E-state index < -0.39 is 5.97 Å². The molecule has 5 nitrogen and oxygen atoms in total. The molecule has 2 aromatic carbocycles. The maximum atomic E-state index is 12.0. The van der Waals surface area contributed by atoms with E-state index in [4.69, 9.17) is 9.47 Å². The Bertz CT molecular complexity index is 698. The van der Waals surface area contributed by atoms with Crippen LogP contribution < -0.4 is 10.1 Å². The summed E-state index contributed by atoms with van der Waals surface area (Å²) < 4.78 is 10.7. The molecular formula is C21H25NO4. The molecule has 0 aliphatic heterocycles. The van der Waals surface area contributed by atoms with Crippen LogP contribution in [-0.2, 0) is 16.1 Å². The zero-order chi connectivity index (χ0) is 18.8. The highest BCUT2D eigenvalue weighted by Crippen LogP contribution is 2.15. The zero-order valence-corrected chi connectivity index (χ0v) is 15.2. The first-order chi connectivity index (χ1) is 12.6. The molecule has 0 heterocycles. The SMILES string of the molecule is CCC[C@@H](C)NC(=O)COC(=O)c1ccc(OCc2ccccc2)cc1. The van der Waals surface area contributed by atoms with E-state index in [-0.39, 0.29) is 18.6 Å². The van der Waals surface area contributed by atoms with Gasteiger partial charge in [-0.25, -0.2) is 4.79 Å². The number of benzene rings is 2. The summed E-state index contributed by atoms with van der Waals surface area (Å²) in [5.74, 6) is -0.156. The second kappa shape index (κ2) is 10.2. The summed E-state index contributed by atoms with van der Waals surface area (Å²) in [6, 6.07) is 16.6. The molecule has 138 valence electrons. The number of esters is 1. The van der Waals surface area contributed by atoms with Crippen LogP contribution in [-0.4, -0.2) is 24.5 Å². The van der Waals surface area contributed by atoms with Crippen molar-refractivity contribution in [1.29, 1.82) is 0 Å². The van der Waals surface area contributed by atoms with Crippen molar-refractivity contribution in [3.63, 3.8) is 0 Å². The standard InChI is InChI=1S/C21H25NO4/c1-3-7-16(2)22-20(23)15-26-21(24)18-10-12-19(13-11-18)25-14-17-8-5-4-6-9-17/h4-6,8-13,16H,3,7,14-15H2,1-2H3,(H,22,23)/t16-/m1/s1. The van der Waals surface area contributed by atoms with Crippen LogP contribution in [0, 0.1) is 0 Å². The first kappa shape index (κ1) is 19.5. The average Bonchev–Trinajstić information content (AvgIpc) is 2.66. The van der Waals surface area contributed by atoms with Gasteiger partial charge in [0, 0.05) is 6.04 Å². The van der Waals surface area contributed by atoms with Crippen LogP contribution in [0.2, 0.25) is 0 Å². The first-order valence-corrected chi connectivity index (χ1v) is 8.81. The molecule has 0 fully saturated rings. The number of amides is 1.